The minimum absolute atomic E-state index is 0.120. The van der Waals surface area contributed by atoms with Crippen molar-refractivity contribution in [2.45, 2.75) is 46.8 Å². The second-order valence-electron chi connectivity index (χ2n) is 6.17. The van der Waals surface area contributed by atoms with E-state index in [4.69, 9.17) is 4.74 Å². The first-order chi connectivity index (χ1) is 6.70. The number of hydrogen-bond acceptors (Lipinski definition) is 3. The minimum Gasteiger partial charge on any atom is -0.462 e. The molecule has 2 aliphatic carbocycles. The fraction of sp³-hybridized carbons (Fsp3) is 0.917. The Morgan fingerprint density at radius 2 is 1.67 bits per heavy atom. The average molecular weight is 212 g/mol. The summed E-state index contributed by atoms with van der Waals surface area (Å²) in [5.41, 5.74) is -0.189. The molecule has 0 saturated heterocycles. The Morgan fingerprint density at radius 1 is 1.13 bits per heavy atom. The van der Waals surface area contributed by atoms with Crippen molar-refractivity contribution in [3.05, 3.63) is 0 Å². The fourth-order valence-corrected chi connectivity index (χ4v) is 3.40. The number of ether oxygens (including phenoxy) is 1. The van der Waals surface area contributed by atoms with Crippen LogP contribution in [0.5, 0.6) is 0 Å². The Hall–Kier alpha value is -0.570. The molecule has 3 nitrogen and oxygen atoms in total. The van der Waals surface area contributed by atoms with Gasteiger partial charge in [-0.05, 0) is 11.3 Å². The van der Waals surface area contributed by atoms with Crippen LogP contribution in [0.1, 0.15) is 34.6 Å². The largest absolute Gasteiger partial charge is 0.462 e. The van der Waals surface area contributed by atoms with Crippen molar-refractivity contribution in [3.63, 3.8) is 0 Å². The van der Waals surface area contributed by atoms with Gasteiger partial charge >= 0.3 is 5.97 Å². The molecular weight excluding hydrogens is 192 g/mol. The summed E-state index contributed by atoms with van der Waals surface area (Å²) in [5, 5.41) is 10.2. The van der Waals surface area contributed by atoms with Gasteiger partial charge in [-0.15, -0.1) is 0 Å². The lowest BCUT2D eigenvalue weighted by Crippen LogP contribution is -2.42. The number of hydrogen-bond donors (Lipinski definition) is 1. The second kappa shape index (κ2) is 2.76. The van der Waals surface area contributed by atoms with Crippen molar-refractivity contribution >= 4 is 5.97 Å². The third kappa shape index (κ3) is 1.25. The summed E-state index contributed by atoms with van der Waals surface area (Å²) in [6.45, 7) is 9.67. The Bertz CT molecular complexity index is 306. The van der Waals surface area contributed by atoms with E-state index in [1.807, 2.05) is 13.8 Å². The zero-order valence-electron chi connectivity index (χ0n) is 10.1. The van der Waals surface area contributed by atoms with Crippen molar-refractivity contribution in [2.24, 2.45) is 22.7 Å². The molecule has 0 radical (unpaired) electrons. The first-order valence-corrected chi connectivity index (χ1v) is 5.56. The van der Waals surface area contributed by atoms with Gasteiger partial charge in [0.25, 0.3) is 0 Å². The Labute approximate surface area is 90.8 Å². The highest BCUT2D eigenvalue weighted by Crippen LogP contribution is 2.71. The van der Waals surface area contributed by atoms with Gasteiger partial charge in [0.05, 0.1) is 6.10 Å². The average Bonchev–Trinajstić information content (AvgIpc) is 2.54. The highest BCUT2D eigenvalue weighted by molar-refractivity contribution is 5.66. The molecule has 0 amide bonds. The van der Waals surface area contributed by atoms with Crippen molar-refractivity contribution < 1.29 is 14.6 Å². The number of carbonyl (C=O) groups is 1. The molecule has 4 atom stereocenters. The molecular formula is C12H20O3. The quantitative estimate of drug-likeness (QED) is 0.671. The van der Waals surface area contributed by atoms with E-state index in [-0.39, 0.29) is 34.9 Å². The molecule has 0 unspecified atom stereocenters. The molecule has 3 heteroatoms. The van der Waals surface area contributed by atoms with Crippen LogP contribution in [0, 0.1) is 22.7 Å². The van der Waals surface area contributed by atoms with E-state index in [1.165, 1.54) is 6.92 Å². The van der Waals surface area contributed by atoms with Crippen molar-refractivity contribution in [3.8, 4) is 0 Å². The van der Waals surface area contributed by atoms with Gasteiger partial charge in [-0.25, -0.2) is 0 Å². The maximum Gasteiger partial charge on any atom is 0.302 e. The summed E-state index contributed by atoms with van der Waals surface area (Å²) in [4.78, 5) is 11.1. The van der Waals surface area contributed by atoms with Gasteiger partial charge in [0.2, 0.25) is 0 Å². The molecule has 2 saturated carbocycles. The van der Waals surface area contributed by atoms with Crippen molar-refractivity contribution in [1.29, 1.82) is 0 Å². The van der Waals surface area contributed by atoms with Gasteiger partial charge in [0.1, 0.15) is 6.10 Å². The lowest BCUT2D eigenvalue weighted by molar-refractivity contribution is -0.157. The van der Waals surface area contributed by atoms with Crippen LogP contribution < -0.4 is 0 Å². The van der Waals surface area contributed by atoms with Crippen LogP contribution in [-0.4, -0.2) is 23.3 Å². The topological polar surface area (TPSA) is 46.5 Å². The van der Waals surface area contributed by atoms with Crippen LogP contribution in [0.2, 0.25) is 0 Å². The predicted octanol–water partition coefficient (Wildman–Crippen LogP) is 1.59. The van der Waals surface area contributed by atoms with Gasteiger partial charge < -0.3 is 9.84 Å². The smallest absolute Gasteiger partial charge is 0.302 e. The fourth-order valence-electron chi connectivity index (χ4n) is 3.40. The molecule has 2 rings (SSSR count). The minimum atomic E-state index is -0.359. The number of rotatable bonds is 1. The first-order valence-electron chi connectivity index (χ1n) is 5.56. The maximum absolute atomic E-state index is 11.1. The van der Waals surface area contributed by atoms with E-state index in [0.717, 1.165) is 0 Å². The number of esters is 1. The number of aliphatic hydroxyl groups is 1. The standard InChI is InChI=1S/C12H20O3/c1-6(13)15-10-8-7(11(8,2)3)9(14)12(10,4)5/h7-10,14H,1-5H3/t7-,8+,9+,10-/m0/s1. The normalized spacial score (nSPS) is 44.7. The van der Waals surface area contributed by atoms with Crippen LogP contribution in [0.25, 0.3) is 0 Å². The number of aliphatic hydroxyl groups excluding tert-OH is 1. The van der Waals surface area contributed by atoms with Gasteiger partial charge in [0.15, 0.2) is 0 Å². The lowest BCUT2D eigenvalue weighted by atomic mass is 9.78. The molecule has 0 bridgehead atoms. The van der Waals surface area contributed by atoms with Crippen LogP contribution in [-0.2, 0) is 9.53 Å². The SMILES string of the molecule is CC(=O)O[C@H]1[C@H]2[C@@H]([C@@H](O)C1(C)C)C2(C)C. The molecule has 1 N–H and O–H groups in total. The van der Waals surface area contributed by atoms with Crippen LogP contribution in [0.3, 0.4) is 0 Å². The Balaban J connectivity index is 2.24. The van der Waals surface area contributed by atoms with E-state index in [2.05, 4.69) is 13.8 Å². The number of carbonyl (C=O) groups excluding carboxylic acids is 1. The van der Waals surface area contributed by atoms with E-state index in [1.54, 1.807) is 0 Å². The summed E-state index contributed by atoms with van der Waals surface area (Å²) in [5.74, 6) is 0.367. The highest BCUT2D eigenvalue weighted by Gasteiger charge is 2.75. The summed E-state index contributed by atoms with van der Waals surface area (Å²) < 4.78 is 5.39. The van der Waals surface area contributed by atoms with E-state index < -0.39 is 0 Å². The molecule has 0 aromatic rings. The summed E-state index contributed by atoms with van der Waals surface area (Å²) in [6.07, 6.45) is -0.494. The summed E-state index contributed by atoms with van der Waals surface area (Å²) in [6, 6.07) is 0. The van der Waals surface area contributed by atoms with Crippen molar-refractivity contribution in [1.82, 2.24) is 0 Å². The second-order valence-corrected chi connectivity index (χ2v) is 6.17. The zero-order valence-corrected chi connectivity index (χ0v) is 10.1. The molecule has 0 spiro atoms. The Kier molecular flexibility index (Phi) is 2.01. The molecule has 86 valence electrons. The highest BCUT2D eigenvalue weighted by atomic mass is 16.5. The van der Waals surface area contributed by atoms with Gasteiger partial charge in [0, 0.05) is 18.3 Å². The van der Waals surface area contributed by atoms with E-state index in [9.17, 15) is 9.90 Å². The van der Waals surface area contributed by atoms with Gasteiger partial charge in [-0.3, -0.25) is 4.79 Å². The molecule has 15 heavy (non-hydrogen) atoms. The molecule has 0 aromatic heterocycles. The maximum atomic E-state index is 11.1. The van der Waals surface area contributed by atoms with Crippen LogP contribution >= 0.6 is 0 Å². The summed E-state index contributed by atoms with van der Waals surface area (Å²) in [7, 11) is 0. The van der Waals surface area contributed by atoms with Crippen LogP contribution in [0.15, 0.2) is 0 Å². The molecule has 2 aliphatic rings. The predicted molar refractivity (Wildman–Crippen MR) is 56.1 cm³/mol. The van der Waals surface area contributed by atoms with Crippen molar-refractivity contribution in [2.75, 3.05) is 0 Å². The third-order valence-electron chi connectivity index (χ3n) is 4.45. The van der Waals surface area contributed by atoms with E-state index in [0.29, 0.717) is 5.92 Å². The molecule has 0 heterocycles. The summed E-state index contributed by atoms with van der Waals surface area (Å²) >= 11 is 0. The Morgan fingerprint density at radius 3 is 2.07 bits per heavy atom. The third-order valence-corrected chi connectivity index (χ3v) is 4.45. The molecule has 0 aromatic carbocycles. The van der Waals surface area contributed by atoms with E-state index >= 15 is 0 Å². The first kappa shape index (κ1) is 10.9. The molecule has 0 aliphatic heterocycles. The van der Waals surface area contributed by atoms with Gasteiger partial charge in [-0.2, -0.15) is 0 Å². The lowest BCUT2D eigenvalue weighted by Gasteiger charge is -2.35. The number of fused-ring (bicyclic) bond motifs is 1. The monoisotopic (exact) mass is 212 g/mol. The molecule has 2 fully saturated rings. The van der Waals surface area contributed by atoms with Gasteiger partial charge in [-0.1, -0.05) is 27.7 Å². The zero-order chi connectivity index (χ0) is 11.6. The van der Waals surface area contributed by atoms with Crippen LogP contribution in [0.4, 0.5) is 0 Å².